The Kier molecular flexibility index (Phi) is 5.80. The average molecular weight is 379 g/mol. The molecule has 3 rings (SSSR count). The molecule has 0 aliphatic carbocycles. The van der Waals surface area contributed by atoms with Crippen LogP contribution in [0.15, 0.2) is 18.2 Å². The second kappa shape index (κ2) is 8.07. The molecule has 0 saturated carbocycles. The van der Waals surface area contributed by atoms with Crippen molar-refractivity contribution in [1.29, 1.82) is 0 Å². The number of H-pyrrole nitrogens is 1. The Bertz CT molecular complexity index is 812. The first-order valence-corrected chi connectivity index (χ1v) is 9.03. The molecule has 1 amide bonds. The Morgan fingerprint density at radius 1 is 1.23 bits per heavy atom. The van der Waals surface area contributed by atoms with Gasteiger partial charge in [0.2, 0.25) is 5.91 Å². The Labute approximate surface area is 157 Å². The van der Waals surface area contributed by atoms with Crippen LogP contribution >= 0.6 is 11.6 Å². The van der Waals surface area contributed by atoms with E-state index in [1.165, 1.54) is 7.11 Å². The Morgan fingerprint density at radius 3 is 2.58 bits per heavy atom. The molecule has 1 aliphatic heterocycles. The fourth-order valence-corrected chi connectivity index (χ4v) is 3.37. The summed E-state index contributed by atoms with van der Waals surface area (Å²) in [5.74, 6) is -0.704. The number of halogens is 1. The number of amides is 1. The van der Waals surface area contributed by atoms with Crippen LogP contribution in [0, 0.1) is 0 Å². The normalized spacial score (nSPS) is 16.0. The van der Waals surface area contributed by atoms with Crippen LogP contribution in [-0.2, 0) is 9.53 Å². The van der Waals surface area contributed by atoms with E-state index in [4.69, 9.17) is 16.3 Å². The van der Waals surface area contributed by atoms with E-state index < -0.39 is 5.97 Å². The van der Waals surface area contributed by atoms with Crippen molar-refractivity contribution in [3.63, 3.8) is 0 Å². The number of rotatable bonds is 5. The number of aromatic amines is 1. The first-order valence-electron chi connectivity index (χ1n) is 8.66. The van der Waals surface area contributed by atoms with Crippen molar-refractivity contribution in [3.05, 3.63) is 28.9 Å². The average Bonchev–Trinajstić information content (AvgIpc) is 2.99. The van der Waals surface area contributed by atoms with Crippen molar-refractivity contribution in [2.45, 2.75) is 6.92 Å². The third-order valence-corrected chi connectivity index (χ3v) is 4.93. The van der Waals surface area contributed by atoms with E-state index in [9.17, 15) is 9.59 Å². The molecule has 1 aliphatic rings. The number of carbonyl (C=O) groups excluding carboxylic acids is 2. The fourth-order valence-electron chi connectivity index (χ4n) is 3.19. The molecule has 2 heterocycles. The minimum absolute atomic E-state index is 0.166. The predicted molar refractivity (Wildman–Crippen MR) is 102 cm³/mol. The number of hydrogen-bond donors (Lipinski definition) is 2. The molecule has 2 aromatic rings. The molecular weight excluding hydrogens is 356 g/mol. The van der Waals surface area contributed by atoms with Crippen LogP contribution in [0.4, 0.5) is 5.69 Å². The summed E-state index contributed by atoms with van der Waals surface area (Å²) in [5, 5.41) is 4.07. The van der Waals surface area contributed by atoms with E-state index in [1.54, 1.807) is 18.2 Å². The Hall–Kier alpha value is -2.09. The highest BCUT2D eigenvalue weighted by molar-refractivity contribution is 6.31. The van der Waals surface area contributed by atoms with Crippen LogP contribution < -0.4 is 5.32 Å². The molecule has 0 radical (unpaired) electrons. The van der Waals surface area contributed by atoms with E-state index in [0.717, 1.165) is 32.7 Å². The minimum Gasteiger partial charge on any atom is -0.464 e. The Morgan fingerprint density at radius 2 is 1.92 bits per heavy atom. The molecule has 2 N–H and O–H groups in total. The molecule has 8 heteroatoms. The number of ether oxygens (including phenoxy) is 1. The zero-order valence-corrected chi connectivity index (χ0v) is 15.7. The lowest BCUT2D eigenvalue weighted by Crippen LogP contribution is -2.48. The largest absolute Gasteiger partial charge is 0.464 e. The molecular formula is C18H23ClN4O3. The second-order valence-corrected chi connectivity index (χ2v) is 6.75. The highest BCUT2D eigenvalue weighted by Crippen LogP contribution is 2.30. The first kappa shape index (κ1) is 18.7. The molecule has 7 nitrogen and oxygen atoms in total. The number of benzene rings is 1. The summed E-state index contributed by atoms with van der Waals surface area (Å²) in [6.07, 6.45) is 0. The van der Waals surface area contributed by atoms with Crippen LogP contribution in [0.25, 0.3) is 10.9 Å². The van der Waals surface area contributed by atoms with Crippen LogP contribution in [-0.4, -0.2) is 73.0 Å². The van der Waals surface area contributed by atoms with Crippen LogP contribution in [0.5, 0.6) is 0 Å². The van der Waals surface area contributed by atoms with Crippen molar-refractivity contribution in [1.82, 2.24) is 14.8 Å². The number of hydrogen-bond acceptors (Lipinski definition) is 5. The maximum atomic E-state index is 12.6. The predicted octanol–water partition coefficient (Wildman–Crippen LogP) is 2.18. The van der Waals surface area contributed by atoms with Gasteiger partial charge in [-0.25, -0.2) is 4.79 Å². The van der Waals surface area contributed by atoms with E-state index in [-0.39, 0.29) is 18.1 Å². The molecule has 26 heavy (non-hydrogen) atoms. The van der Waals surface area contributed by atoms with Crippen molar-refractivity contribution in [2.75, 3.05) is 51.7 Å². The topological polar surface area (TPSA) is 77.7 Å². The quantitative estimate of drug-likeness (QED) is 0.780. The minimum atomic E-state index is -0.538. The number of likely N-dealkylation sites (N-methyl/N-ethyl adjacent to an activating group) is 1. The van der Waals surface area contributed by atoms with Crippen LogP contribution in [0.2, 0.25) is 5.02 Å². The first-order chi connectivity index (χ1) is 12.5. The van der Waals surface area contributed by atoms with Gasteiger partial charge in [-0.3, -0.25) is 9.69 Å². The van der Waals surface area contributed by atoms with Gasteiger partial charge in [-0.15, -0.1) is 0 Å². The van der Waals surface area contributed by atoms with Gasteiger partial charge in [0.15, 0.2) is 0 Å². The summed E-state index contributed by atoms with van der Waals surface area (Å²) in [4.78, 5) is 32.1. The standard InChI is InChI=1S/C18H23ClN4O3/c1-3-22-6-8-23(9-7-22)11-15(24)21-16-13-10-12(19)4-5-14(13)20-17(16)18(25)26-2/h4-5,10,20H,3,6-9,11H2,1-2H3,(H,21,24). The van der Waals surface area contributed by atoms with Crippen LogP contribution in [0.3, 0.4) is 0 Å². The number of nitrogens with zero attached hydrogens (tertiary/aromatic N) is 2. The fraction of sp³-hybridized carbons (Fsp3) is 0.444. The SMILES string of the molecule is CCN1CCN(CC(=O)Nc2c(C(=O)OC)[nH]c3ccc(Cl)cc23)CC1. The summed E-state index contributed by atoms with van der Waals surface area (Å²) in [7, 11) is 1.31. The van der Waals surface area contributed by atoms with Gasteiger partial charge < -0.3 is 19.9 Å². The zero-order chi connectivity index (χ0) is 18.7. The maximum absolute atomic E-state index is 12.6. The summed E-state index contributed by atoms with van der Waals surface area (Å²) in [6, 6.07) is 5.21. The van der Waals surface area contributed by atoms with Gasteiger partial charge in [0.25, 0.3) is 0 Å². The summed E-state index contributed by atoms with van der Waals surface area (Å²) in [6.45, 7) is 7.07. The van der Waals surface area contributed by atoms with Gasteiger partial charge in [-0.1, -0.05) is 18.5 Å². The lowest BCUT2D eigenvalue weighted by atomic mass is 10.2. The van der Waals surface area contributed by atoms with Gasteiger partial charge in [0, 0.05) is 42.1 Å². The number of piperazine rings is 1. The van der Waals surface area contributed by atoms with Crippen molar-refractivity contribution >= 4 is 40.1 Å². The Balaban J connectivity index is 1.77. The summed E-state index contributed by atoms with van der Waals surface area (Å²) in [5.41, 5.74) is 1.34. The van der Waals surface area contributed by atoms with E-state index in [0.29, 0.717) is 21.6 Å². The maximum Gasteiger partial charge on any atom is 0.356 e. The number of esters is 1. The molecule has 1 aromatic heterocycles. The monoisotopic (exact) mass is 378 g/mol. The van der Waals surface area contributed by atoms with E-state index >= 15 is 0 Å². The lowest BCUT2D eigenvalue weighted by molar-refractivity contribution is -0.117. The highest BCUT2D eigenvalue weighted by Gasteiger charge is 2.22. The van der Waals surface area contributed by atoms with Gasteiger partial charge >= 0.3 is 5.97 Å². The second-order valence-electron chi connectivity index (χ2n) is 6.32. The third-order valence-electron chi connectivity index (χ3n) is 4.69. The van der Waals surface area contributed by atoms with Crippen molar-refractivity contribution in [3.8, 4) is 0 Å². The van der Waals surface area contributed by atoms with Crippen molar-refractivity contribution in [2.24, 2.45) is 0 Å². The number of aromatic nitrogens is 1. The third kappa shape index (κ3) is 4.00. The van der Waals surface area contributed by atoms with Gasteiger partial charge in [-0.05, 0) is 24.7 Å². The summed E-state index contributed by atoms with van der Waals surface area (Å²) < 4.78 is 4.82. The molecule has 0 spiro atoms. The number of methoxy groups -OCH3 is 1. The molecule has 1 saturated heterocycles. The smallest absolute Gasteiger partial charge is 0.356 e. The molecule has 140 valence electrons. The van der Waals surface area contributed by atoms with Crippen molar-refractivity contribution < 1.29 is 14.3 Å². The molecule has 0 atom stereocenters. The molecule has 1 fully saturated rings. The molecule has 0 bridgehead atoms. The van der Waals surface area contributed by atoms with Gasteiger partial charge in [-0.2, -0.15) is 0 Å². The van der Waals surface area contributed by atoms with Crippen LogP contribution in [0.1, 0.15) is 17.4 Å². The van der Waals surface area contributed by atoms with Gasteiger partial charge in [0.1, 0.15) is 5.69 Å². The number of carbonyl (C=O) groups is 2. The van der Waals surface area contributed by atoms with E-state index in [1.807, 2.05) is 0 Å². The lowest BCUT2D eigenvalue weighted by Gasteiger charge is -2.33. The zero-order valence-electron chi connectivity index (χ0n) is 15.0. The number of fused-ring (bicyclic) bond motifs is 1. The highest BCUT2D eigenvalue weighted by atomic mass is 35.5. The number of nitrogens with one attached hydrogen (secondary N) is 2. The summed E-state index contributed by atoms with van der Waals surface area (Å²) >= 11 is 6.08. The van der Waals surface area contributed by atoms with E-state index in [2.05, 4.69) is 27.0 Å². The van der Waals surface area contributed by atoms with Gasteiger partial charge in [0.05, 0.1) is 19.3 Å². The number of anilines is 1. The molecule has 1 aromatic carbocycles. The molecule has 0 unspecified atom stereocenters.